The van der Waals surface area contributed by atoms with Gasteiger partial charge in [-0.3, -0.25) is 0 Å². The van der Waals surface area contributed by atoms with Gasteiger partial charge < -0.3 is 13.9 Å². The molecular formula is C12H12O3. The second kappa shape index (κ2) is 4.17. The molecule has 0 fully saturated rings. The molecule has 0 spiro atoms. The first-order valence-corrected chi connectivity index (χ1v) is 4.83. The highest BCUT2D eigenvalue weighted by atomic mass is 16.5. The number of rotatable bonds is 4. The molecule has 3 nitrogen and oxygen atoms in total. The molecule has 0 bridgehead atoms. The number of benzene rings is 1. The summed E-state index contributed by atoms with van der Waals surface area (Å²) in [5, 5.41) is 1.02. The fraction of sp³-hybridized carbons (Fsp3) is 0.250. The minimum atomic E-state index is 0.534. The molecule has 78 valence electrons. The van der Waals surface area contributed by atoms with E-state index in [0.717, 1.165) is 35.0 Å². The van der Waals surface area contributed by atoms with E-state index in [4.69, 9.17) is 9.15 Å². The van der Waals surface area contributed by atoms with Crippen molar-refractivity contribution in [1.29, 1.82) is 0 Å². The second-order valence-corrected chi connectivity index (χ2v) is 3.30. The molecule has 1 aromatic carbocycles. The van der Waals surface area contributed by atoms with Gasteiger partial charge in [0.2, 0.25) is 0 Å². The van der Waals surface area contributed by atoms with Crippen LogP contribution in [0.5, 0.6) is 5.75 Å². The number of hydrogen-bond acceptors (Lipinski definition) is 3. The molecule has 0 amide bonds. The van der Waals surface area contributed by atoms with Crippen LogP contribution in [-0.4, -0.2) is 13.4 Å². The van der Waals surface area contributed by atoms with E-state index in [-0.39, 0.29) is 0 Å². The van der Waals surface area contributed by atoms with Crippen LogP contribution in [-0.2, 0) is 11.2 Å². The van der Waals surface area contributed by atoms with Gasteiger partial charge in [-0.1, -0.05) is 6.07 Å². The molecule has 0 aliphatic rings. The molecular weight excluding hydrogens is 192 g/mol. The fourth-order valence-electron chi connectivity index (χ4n) is 1.69. The topological polar surface area (TPSA) is 39.4 Å². The van der Waals surface area contributed by atoms with E-state index in [1.54, 1.807) is 13.4 Å². The third kappa shape index (κ3) is 1.73. The maximum absolute atomic E-state index is 10.3. The van der Waals surface area contributed by atoms with Gasteiger partial charge >= 0.3 is 0 Å². The van der Waals surface area contributed by atoms with Crippen molar-refractivity contribution in [3.05, 3.63) is 30.0 Å². The minimum Gasteiger partial charge on any atom is -0.493 e. The number of hydrogen-bond donors (Lipinski definition) is 0. The second-order valence-electron chi connectivity index (χ2n) is 3.30. The number of ether oxygens (including phenoxy) is 1. The molecule has 0 saturated heterocycles. The molecule has 1 heterocycles. The van der Waals surface area contributed by atoms with Crippen LogP contribution in [0.15, 0.2) is 28.9 Å². The summed E-state index contributed by atoms with van der Waals surface area (Å²) in [5.74, 6) is 0.727. The monoisotopic (exact) mass is 204 g/mol. The molecule has 1 aromatic heterocycles. The van der Waals surface area contributed by atoms with Crippen molar-refractivity contribution in [1.82, 2.24) is 0 Å². The molecule has 15 heavy (non-hydrogen) atoms. The lowest BCUT2D eigenvalue weighted by Gasteiger charge is -2.04. The number of carbonyl (C=O) groups excluding carboxylic acids is 1. The minimum absolute atomic E-state index is 0.534. The van der Waals surface area contributed by atoms with Gasteiger partial charge in [0.15, 0.2) is 11.3 Å². The van der Waals surface area contributed by atoms with Crippen LogP contribution in [0.4, 0.5) is 0 Å². The number of fused-ring (bicyclic) bond motifs is 1. The smallest absolute Gasteiger partial charge is 0.175 e. The fourth-order valence-corrected chi connectivity index (χ4v) is 1.69. The van der Waals surface area contributed by atoms with E-state index >= 15 is 0 Å². The molecule has 0 saturated carbocycles. The van der Waals surface area contributed by atoms with E-state index in [1.807, 2.05) is 18.2 Å². The highest BCUT2D eigenvalue weighted by Crippen LogP contribution is 2.29. The van der Waals surface area contributed by atoms with Gasteiger partial charge in [-0.2, -0.15) is 0 Å². The molecule has 0 aliphatic carbocycles. The zero-order chi connectivity index (χ0) is 10.7. The Morgan fingerprint density at radius 3 is 3.00 bits per heavy atom. The first-order chi connectivity index (χ1) is 7.36. The van der Waals surface area contributed by atoms with Crippen molar-refractivity contribution in [3.8, 4) is 5.75 Å². The van der Waals surface area contributed by atoms with Gasteiger partial charge in [0, 0.05) is 11.8 Å². The Balaban J connectivity index is 2.48. The van der Waals surface area contributed by atoms with Crippen molar-refractivity contribution < 1.29 is 13.9 Å². The third-order valence-corrected chi connectivity index (χ3v) is 2.42. The van der Waals surface area contributed by atoms with Crippen LogP contribution in [0.2, 0.25) is 0 Å². The van der Waals surface area contributed by atoms with Crippen molar-refractivity contribution in [2.24, 2.45) is 0 Å². The van der Waals surface area contributed by atoms with Crippen LogP contribution < -0.4 is 4.74 Å². The zero-order valence-electron chi connectivity index (χ0n) is 8.53. The van der Waals surface area contributed by atoms with Gasteiger partial charge in [-0.25, -0.2) is 0 Å². The number of furan rings is 1. The van der Waals surface area contributed by atoms with Crippen LogP contribution in [0, 0.1) is 0 Å². The number of methoxy groups -OCH3 is 1. The lowest BCUT2D eigenvalue weighted by atomic mass is 10.1. The Morgan fingerprint density at radius 2 is 2.27 bits per heavy atom. The van der Waals surface area contributed by atoms with E-state index in [1.165, 1.54) is 0 Å². The Labute approximate surface area is 87.6 Å². The summed E-state index contributed by atoms with van der Waals surface area (Å²) in [6.45, 7) is 0. The first-order valence-electron chi connectivity index (χ1n) is 4.83. The summed E-state index contributed by atoms with van der Waals surface area (Å²) < 4.78 is 10.5. The summed E-state index contributed by atoms with van der Waals surface area (Å²) >= 11 is 0. The molecule has 3 heteroatoms. The number of aryl methyl sites for hydroxylation is 1. The van der Waals surface area contributed by atoms with Gasteiger partial charge in [-0.15, -0.1) is 0 Å². The zero-order valence-corrected chi connectivity index (χ0v) is 8.53. The van der Waals surface area contributed by atoms with Gasteiger partial charge in [0.05, 0.1) is 13.4 Å². The Kier molecular flexibility index (Phi) is 2.72. The average molecular weight is 204 g/mol. The predicted octanol–water partition coefficient (Wildman–Crippen LogP) is 2.57. The molecule has 2 aromatic rings. The summed E-state index contributed by atoms with van der Waals surface area (Å²) in [7, 11) is 1.61. The quantitative estimate of drug-likeness (QED) is 0.718. The molecule has 0 atom stereocenters. The van der Waals surface area contributed by atoms with Gasteiger partial charge in [-0.05, 0) is 24.1 Å². The summed E-state index contributed by atoms with van der Waals surface area (Å²) in [6.07, 6.45) is 3.84. The summed E-state index contributed by atoms with van der Waals surface area (Å²) in [6, 6.07) is 5.74. The number of aldehydes is 1. The molecule has 2 rings (SSSR count). The van der Waals surface area contributed by atoms with Crippen molar-refractivity contribution in [2.75, 3.05) is 7.11 Å². The summed E-state index contributed by atoms with van der Waals surface area (Å²) in [4.78, 5) is 10.3. The van der Waals surface area contributed by atoms with Crippen LogP contribution >= 0.6 is 0 Å². The normalized spacial score (nSPS) is 10.5. The van der Waals surface area contributed by atoms with Crippen LogP contribution in [0.1, 0.15) is 12.0 Å². The molecule has 0 N–H and O–H groups in total. The average Bonchev–Trinajstić information content (AvgIpc) is 2.74. The summed E-state index contributed by atoms with van der Waals surface area (Å²) in [5.41, 5.74) is 1.87. The molecule has 0 aliphatic heterocycles. The lowest BCUT2D eigenvalue weighted by molar-refractivity contribution is -0.107. The van der Waals surface area contributed by atoms with E-state index < -0.39 is 0 Å². The van der Waals surface area contributed by atoms with Crippen molar-refractivity contribution >= 4 is 17.3 Å². The molecule has 0 unspecified atom stereocenters. The van der Waals surface area contributed by atoms with Crippen molar-refractivity contribution in [2.45, 2.75) is 12.8 Å². The van der Waals surface area contributed by atoms with Gasteiger partial charge in [0.1, 0.15) is 6.29 Å². The van der Waals surface area contributed by atoms with Crippen LogP contribution in [0.3, 0.4) is 0 Å². The lowest BCUT2D eigenvalue weighted by Crippen LogP contribution is -1.89. The van der Waals surface area contributed by atoms with E-state index in [2.05, 4.69) is 0 Å². The highest BCUT2D eigenvalue weighted by molar-refractivity contribution is 5.86. The Bertz CT molecular complexity index is 471. The highest BCUT2D eigenvalue weighted by Gasteiger charge is 2.08. The van der Waals surface area contributed by atoms with E-state index in [9.17, 15) is 4.79 Å². The standard InChI is InChI=1S/C12H12O3/c1-14-11-5-4-9(3-2-7-13)10-6-8-15-12(10)11/h4-8H,2-3H2,1H3. The Morgan fingerprint density at radius 1 is 1.40 bits per heavy atom. The Hall–Kier alpha value is -1.77. The SMILES string of the molecule is COc1ccc(CCC=O)c2ccoc12. The van der Waals surface area contributed by atoms with Crippen molar-refractivity contribution in [3.63, 3.8) is 0 Å². The van der Waals surface area contributed by atoms with Gasteiger partial charge in [0.25, 0.3) is 0 Å². The predicted molar refractivity (Wildman–Crippen MR) is 57.2 cm³/mol. The van der Waals surface area contributed by atoms with Crippen LogP contribution in [0.25, 0.3) is 11.0 Å². The number of carbonyl (C=O) groups is 1. The van der Waals surface area contributed by atoms with E-state index in [0.29, 0.717) is 6.42 Å². The maximum atomic E-state index is 10.3. The largest absolute Gasteiger partial charge is 0.493 e. The maximum Gasteiger partial charge on any atom is 0.175 e. The third-order valence-electron chi connectivity index (χ3n) is 2.42. The molecule has 0 radical (unpaired) electrons. The first kappa shape index (κ1) is 9.77.